The van der Waals surface area contributed by atoms with Crippen LogP contribution in [0.2, 0.25) is 5.15 Å². The molecule has 8 heteroatoms. The van der Waals surface area contributed by atoms with E-state index in [4.69, 9.17) is 11.6 Å². The molecule has 1 aromatic rings. The van der Waals surface area contributed by atoms with Gasteiger partial charge in [0.2, 0.25) is 5.91 Å². The maximum atomic E-state index is 12.6. The number of aryl methyl sites for hydroxylation is 1. The number of pyridine rings is 1. The number of anilines is 1. The largest absolute Gasteiger partial charge is 0.309 e. The highest BCUT2D eigenvalue weighted by atomic mass is 35.5. The van der Waals surface area contributed by atoms with E-state index in [2.05, 4.69) is 4.98 Å². The SMILES string of the molecule is Cc1ccc(N2CC(CS(=O)(=O)F)CC2=O)c(Cl)n1. The number of aromatic nitrogens is 1. The predicted octanol–water partition coefficient (Wildman–Crippen LogP) is 1.70. The van der Waals surface area contributed by atoms with Gasteiger partial charge in [-0.2, -0.15) is 8.42 Å². The Labute approximate surface area is 115 Å². The summed E-state index contributed by atoms with van der Waals surface area (Å²) in [5.41, 5.74) is 1.14. The standard InChI is InChI=1S/C11H12ClFN2O3S/c1-7-2-3-9(11(12)14-7)15-5-8(4-10(15)16)6-19(13,17)18/h2-3,8H,4-6H2,1H3. The third-order valence-electron chi connectivity index (χ3n) is 2.90. The Morgan fingerprint density at radius 2 is 2.21 bits per heavy atom. The maximum Gasteiger partial charge on any atom is 0.302 e. The fourth-order valence-electron chi connectivity index (χ4n) is 2.13. The summed E-state index contributed by atoms with van der Waals surface area (Å²) in [6.07, 6.45) is -0.00659. The molecule has 2 rings (SSSR count). The van der Waals surface area contributed by atoms with E-state index < -0.39 is 21.9 Å². The third-order valence-corrected chi connectivity index (χ3v) is 4.05. The van der Waals surface area contributed by atoms with Crippen molar-refractivity contribution >= 4 is 33.4 Å². The molecule has 1 aliphatic heterocycles. The van der Waals surface area contributed by atoms with Gasteiger partial charge in [0, 0.05) is 24.6 Å². The van der Waals surface area contributed by atoms with Gasteiger partial charge in [-0.1, -0.05) is 11.6 Å². The minimum Gasteiger partial charge on any atom is -0.309 e. The molecule has 1 saturated heterocycles. The van der Waals surface area contributed by atoms with E-state index in [-0.39, 0.29) is 24.0 Å². The molecule has 1 amide bonds. The first kappa shape index (κ1) is 14.2. The van der Waals surface area contributed by atoms with Gasteiger partial charge in [0.1, 0.15) is 0 Å². The molecular formula is C11H12ClFN2O3S. The molecule has 0 radical (unpaired) electrons. The van der Waals surface area contributed by atoms with Crippen molar-refractivity contribution in [2.24, 2.45) is 5.92 Å². The van der Waals surface area contributed by atoms with Crippen LogP contribution in [-0.4, -0.2) is 31.6 Å². The number of amides is 1. The molecule has 0 aliphatic carbocycles. The third kappa shape index (κ3) is 3.42. The number of rotatable bonds is 3. The van der Waals surface area contributed by atoms with E-state index in [0.717, 1.165) is 0 Å². The first-order valence-electron chi connectivity index (χ1n) is 5.62. The quantitative estimate of drug-likeness (QED) is 0.629. The van der Waals surface area contributed by atoms with Gasteiger partial charge < -0.3 is 4.90 Å². The Kier molecular flexibility index (Phi) is 3.78. The molecule has 1 aromatic heterocycles. The molecule has 1 aliphatic rings. The first-order chi connectivity index (χ1) is 8.76. The lowest BCUT2D eigenvalue weighted by molar-refractivity contribution is -0.117. The summed E-state index contributed by atoms with van der Waals surface area (Å²) in [7, 11) is -4.58. The lowest BCUT2D eigenvalue weighted by Crippen LogP contribution is -2.26. The van der Waals surface area contributed by atoms with Crippen molar-refractivity contribution in [3.05, 3.63) is 23.0 Å². The molecule has 0 bridgehead atoms. The number of hydrogen-bond acceptors (Lipinski definition) is 4. The summed E-state index contributed by atoms with van der Waals surface area (Å²) in [5, 5.41) is 0.178. The molecular weight excluding hydrogens is 295 g/mol. The van der Waals surface area contributed by atoms with E-state index in [9.17, 15) is 17.1 Å². The number of hydrogen-bond donors (Lipinski definition) is 0. The van der Waals surface area contributed by atoms with E-state index >= 15 is 0 Å². The monoisotopic (exact) mass is 306 g/mol. The summed E-state index contributed by atoms with van der Waals surface area (Å²) in [5.74, 6) is -1.48. The van der Waals surface area contributed by atoms with Gasteiger partial charge in [0.25, 0.3) is 0 Å². The fraction of sp³-hybridized carbons (Fsp3) is 0.455. The summed E-state index contributed by atoms with van der Waals surface area (Å²) in [6, 6.07) is 3.35. The van der Waals surface area contributed by atoms with Crippen molar-refractivity contribution in [1.29, 1.82) is 0 Å². The van der Waals surface area contributed by atoms with Crippen LogP contribution in [0.1, 0.15) is 12.1 Å². The highest BCUT2D eigenvalue weighted by molar-refractivity contribution is 7.86. The molecule has 1 fully saturated rings. The zero-order valence-electron chi connectivity index (χ0n) is 10.1. The van der Waals surface area contributed by atoms with E-state index in [1.807, 2.05) is 0 Å². The molecule has 1 atom stereocenters. The van der Waals surface area contributed by atoms with Crippen molar-refractivity contribution in [3.63, 3.8) is 0 Å². The number of nitrogens with zero attached hydrogens (tertiary/aromatic N) is 2. The Bertz CT molecular complexity index is 620. The number of halogens is 2. The normalized spacial score (nSPS) is 20.1. The molecule has 0 N–H and O–H groups in total. The molecule has 19 heavy (non-hydrogen) atoms. The summed E-state index contributed by atoms with van der Waals surface area (Å²) < 4.78 is 33.9. The van der Waals surface area contributed by atoms with Gasteiger partial charge in [-0.25, -0.2) is 4.98 Å². The maximum absolute atomic E-state index is 12.6. The topological polar surface area (TPSA) is 67.3 Å². The minimum atomic E-state index is -4.58. The van der Waals surface area contributed by atoms with Crippen LogP contribution < -0.4 is 4.90 Å². The minimum absolute atomic E-state index is 0.00659. The zero-order chi connectivity index (χ0) is 14.2. The molecule has 0 saturated carbocycles. The molecule has 5 nitrogen and oxygen atoms in total. The van der Waals surface area contributed by atoms with Crippen molar-refractivity contribution in [3.8, 4) is 0 Å². The molecule has 104 valence electrons. The van der Waals surface area contributed by atoms with Gasteiger partial charge in [0.15, 0.2) is 5.15 Å². The smallest absolute Gasteiger partial charge is 0.302 e. The average Bonchev–Trinajstić information content (AvgIpc) is 2.56. The van der Waals surface area contributed by atoms with Gasteiger partial charge in [-0.15, -0.1) is 3.89 Å². The first-order valence-corrected chi connectivity index (χ1v) is 7.55. The highest BCUT2D eigenvalue weighted by Crippen LogP contribution is 2.30. The predicted molar refractivity (Wildman–Crippen MR) is 69.3 cm³/mol. The molecule has 0 aromatic carbocycles. The molecule has 0 spiro atoms. The Balaban J connectivity index is 2.20. The second-order valence-electron chi connectivity index (χ2n) is 4.54. The van der Waals surface area contributed by atoms with Crippen LogP contribution in [0.5, 0.6) is 0 Å². The fourth-order valence-corrected chi connectivity index (χ4v) is 3.21. The van der Waals surface area contributed by atoms with Crippen LogP contribution in [0.4, 0.5) is 9.57 Å². The summed E-state index contributed by atoms with van der Waals surface area (Å²) in [6.45, 7) is 1.90. The number of carbonyl (C=O) groups excluding carboxylic acids is 1. The van der Waals surface area contributed by atoms with Crippen LogP contribution in [0.3, 0.4) is 0 Å². The van der Waals surface area contributed by atoms with Crippen molar-refractivity contribution in [2.45, 2.75) is 13.3 Å². The summed E-state index contributed by atoms with van der Waals surface area (Å²) in [4.78, 5) is 17.2. The van der Waals surface area contributed by atoms with Gasteiger partial charge in [-0.3, -0.25) is 4.79 Å². The lowest BCUT2D eigenvalue weighted by Gasteiger charge is -2.17. The van der Waals surface area contributed by atoms with E-state index in [0.29, 0.717) is 11.4 Å². The zero-order valence-corrected chi connectivity index (χ0v) is 11.7. The second kappa shape index (κ2) is 5.05. The second-order valence-corrected chi connectivity index (χ2v) is 6.31. The van der Waals surface area contributed by atoms with Crippen LogP contribution >= 0.6 is 11.6 Å². The highest BCUT2D eigenvalue weighted by Gasteiger charge is 2.34. The lowest BCUT2D eigenvalue weighted by atomic mass is 10.1. The Morgan fingerprint density at radius 1 is 1.53 bits per heavy atom. The Hall–Kier alpha value is -1.21. The van der Waals surface area contributed by atoms with E-state index in [1.54, 1.807) is 19.1 Å². The average molecular weight is 307 g/mol. The summed E-state index contributed by atoms with van der Waals surface area (Å²) >= 11 is 5.96. The van der Waals surface area contributed by atoms with Crippen molar-refractivity contribution in [1.82, 2.24) is 4.98 Å². The van der Waals surface area contributed by atoms with Crippen LogP contribution in [0.15, 0.2) is 12.1 Å². The van der Waals surface area contributed by atoms with Gasteiger partial charge in [0.05, 0.1) is 11.4 Å². The van der Waals surface area contributed by atoms with Gasteiger partial charge in [-0.05, 0) is 19.1 Å². The molecule has 1 unspecified atom stereocenters. The number of carbonyl (C=O) groups is 1. The van der Waals surface area contributed by atoms with Crippen molar-refractivity contribution in [2.75, 3.05) is 17.2 Å². The van der Waals surface area contributed by atoms with Crippen molar-refractivity contribution < 1.29 is 17.1 Å². The molecule has 2 heterocycles. The van der Waals surface area contributed by atoms with Crippen LogP contribution in [0.25, 0.3) is 0 Å². The van der Waals surface area contributed by atoms with Crippen LogP contribution in [0, 0.1) is 12.8 Å². The van der Waals surface area contributed by atoms with E-state index in [1.165, 1.54) is 4.90 Å². The Morgan fingerprint density at radius 3 is 2.79 bits per heavy atom. The van der Waals surface area contributed by atoms with Crippen LogP contribution in [-0.2, 0) is 15.0 Å². The van der Waals surface area contributed by atoms with Gasteiger partial charge >= 0.3 is 10.2 Å².